The molecule has 2 aromatic carbocycles. The van der Waals surface area contributed by atoms with E-state index in [2.05, 4.69) is 4.74 Å². The molecule has 1 N–H and O–H groups in total. The van der Waals surface area contributed by atoms with Gasteiger partial charge < -0.3 is 14.2 Å². The zero-order valence-corrected chi connectivity index (χ0v) is 14.1. The molecule has 0 heterocycles. The maximum Gasteiger partial charge on any atom is 0.387 e. The molecule has 9 heteroatoms. The number of ether oxygens (including phenoxy) is 3. The van der Waals surface area contributed by atoms with Crippen LogP contribution in [0.4, 0.5) is 8.78 Å². The number of imide groups is 1. The van der Waals surface area contributed by atoms with Gasteiger partial charge in [0.2, 0.25) is 0 Å². The molecule has 7 nitrogen and oxygen atoms in total. The molecule has 0 radical (unpaired) electrons. The van der Waals surface area contributed by atoms with Crippen molar-refractivity contribution in [2.24, 2.45) is 0 Å². The second-order valence-corrected chi connectivity index (χ2v) is 5.03. The number of carbonyl (C=O) groups is 3. The van der Waals surface area contributed by atoms with E-state index >= 15 is 0 Å². The molecule has 2 amide bonds. The van der Waals surface area contributed by atoms with Gasteiger partial charge in [-0.05, 0) is 24.3 Å². The highest BCUT2D eigenvalue weighted by atomic mass is 19.3. The zero-order chi connectivity index (χ0) is 19.8. The van der Waals surface area contributed by atoms with E-state index < -0.39 is 31.0 Å². The van der Waals surface area contributed by atoms with Gasteiger partial charge in [0.1, 0.15) is 17.1 Å². The molecule has 0 aliphatic carbocycles. The Kier molecular flexibility index (Phi) is 6.81. The van der Waals surface area contributed by atoms with Crippen LogP contribution in [-0.2, 0) is 9.53 Å². The molecule has 0 spiro atoms. The van der Waals surface area contributed by atoms with Crippen LogP contribution >= 0.6 is 0 Å². The lowest BCUT2D eigenvalue weighted by atomic mass is 10.2. The van der Waals surface area contributed by atoms with E-state index in [-0.39, 0.29) is 22.6 Å². The van der Waals surface area contributed by atoms with Gasteiger partial charge in [0.25, 0.3) is 11.8 Å². The lowest BCUT2D eigenvalue weighted by Gasteiger charge is -2.11. The molecule has 0 saturated carbocycles. The molecule has 0 bridgehead atoms. The minimum absolute atomic E-state index is 0.121. The summed E-state index contributed by atoms with van der Waals surface area (Å²) < 4.78 is 38.7. The quantitative estimate of drug-likeness (QED) is 0.743. The van der Waals surface area contributed by atoms with Crippen molar-refractivity contribution in [3.8, 4) is 11.5 Å². The van der Waals surface area contributed by atoms with E-state index in [4.69, 9.17) is 9.47 Å². The van der Waals surface area contributed by atoms with Crippen molar-refractivity contribution < 1.29 is 37.4 Å². The smallest absolute Gasteiger partial charge is 0.387 e. The first kappa shape index (κ1) is 19.8. The first-order valence-electron chi connectivity index (χ1n) is 7.60. The van der Waals surface area contributed by atoms with E-state index in [0.717, 1.165) is 6.07 Å². The number of carbonyl (C=O) groups excluding carboxylic acids is 3. The van der Waals surface area contributed by atoms with E-state index in [0.29, 0.717) is 0 Å². The van der Waals surface area contributed by atoms with Gasteiger partial charge in [-0.15, -0.1) is 0 Å². The van der Waals surface area contributed by atoms with Crippen molar-refractivity contribution in [3.63, 3.8) is 0 Å². The molecule has 0 saturated heterocycles. The van der Waals surface area contributed by atoms with Crippen LogP contribution < -0.4 is 14.8 Å². The number of alkyl halides is 2. The van der Waals surface area contributed by atoms with Gasteiger partial charge >= 0.3 is 12.6 Å². The summed E-state index contributed by atoms with van der Waals surface area (Å²) in [5.41, 5.74) is -0.156. The van der Waals surface area contributed by atoms with E-state index in [9.17, 15) is 23.2 Å². The molecule has 0 fully saturated rings. The fourth-order valence-electron chi connectivity index (χ4n) is 2.11. The number of hydrogen-bond acceptors (Lipinski definition) is 6. The lowest BCUT2D eigenvalue weighted by Crippen LogP contribution is -2.34. The Labute approximate surface area is 152 Å². The van der Waals surface area contributed by atoms with Gasteiger partial charge in [-0.2, -0.15) is 8.78 Å². The predicted octanol–water partition coefficient (Wildman–Crippen LogP) is 2.41. The fraction of sp³-hybridized carbons (Fsp3) is 0.167. The molecule has 0 aromatic heterocycles. The van der Waals surface area contributed by atoms with Crippen LogP contribution in [0.2, 0.25) is 0 Å². The highest BCUT2D eigenvalue weighted by molar-refractivity contribution is 6.07. The number of hydrogen-bond donors (Lipinski definition) is 1. The Balaban J connectivity index is 1.96. The number of methoxy groups -OCH3 is 1. The summed E-state index contributed by atoms with van der Waals surface area (Å²) in [6.07, 6.45) is 0. The topological polar surface area (TPSA) is 90.9 Å². The van der Waals surface area contributed by atoms with Crippen molar-refractivity contribution in [2.75, 3.05) is 13.7 Å². The van der Waals surface area contributed by atoms with Crippen LogP contribution in [0.5, 0.6) is 11.5 Å². The van der Waals surface area contributed by atoms with Gasteiger partial charge in [0.05, 0.1) is 12.7 Å². The Morgan fingerprint density at radius 1 is 0.963 bits per heavy atom. The van der Waals surface area contributed by atoms with Crippen molar-refractivity contribution in [1.82, 2.24) is 5.32 Å². The summed E-state index contributed by atoms with van der Waals surface area (Å²) in [7, 11) is 1.37. The number of rotatable bonds is 7. The van der Waals surface area contributed by atoms with Crippen LogP contribution in [0.1, 0.15) is 20.7 Å². The number of para-hydroxylation sites is 2. The minimum atomic E-state index is -3.12. The average molecular weight is 379 g/mol. The highest BCUT2D eigenvalue weighted by Crippen LogP contribution is 2.21. The molecule has 2 rings (SSSR count). The molecule has 27 heavy (non-hydrogen) atoms. The summed E-state index contributed by atoms with van der Waals surface area (Å²) in [4.78, 5) is 35.9. The number of nitrogens with one attached hydrogen (secondary N) is 1. The summed E-state index contributed by atoms with van der Waals surface area (Å²) in [5, 5.41) is 2.04. The van der Waals surface area contributed by atoms with E-state index in [1.807, 2.05) is 5.32 Å². The maximum atomic E-state index is 12.4. The summed E-state index contributed by atoms with van der Waals surface area (Å²) in [5.74, 6) is -2.81. The van der Waals surface area contributed by atoms with Crippen LogP contribution in [0, 0.1) is 0 Å². The van der Waals surface area contributed by atoms with Crippen molar-refractivity contribution >= 4 is 17.8 Å². The SMILES string of the molecule is COc1ccccc1C(=O)NC(=O)COC(=O)c1ccccc1OC(F)F. The highest BCUT2D eigenvalue weighted by Gasteiger charge is 2.19. The van der Waals surface area contributed by atoms with Crippen LogP contribution in [0.15, 0.2) is 48.5 Å². The molecular weight excluding hydrogens is 364 g/mol. The fourth-order valence-corrected chi connectivity index (χ4v) is 2.11. The Morgan fingerprint density at radius 3 is 2.19 bits per heavy atom. The third kappa shape index (κ3) is 5.50. The molecule has 0 atom stereocenters. The maximum absolute atomic E-state index is 12.4. The third-order valence-electron chi connectivity index (χ3n) is 3.26. The Hall–Kier alpha value is -3.49. The van der Waals surface area contributed by atoms with Crippen LogP contribution in [0.3, 0.4) is 0 Å². The normalized spacial score (nSPS) is 10.2. The van der Waals surface area contributed by atoms with Gasteiger partial charge in [-0.1, -0.05) is 24.3 Å². The molecular formula is C18H15F2NO6. The average Bonchev–Trinajstić information content (AvgIpc) is 2.66. The number of amides is 2. The monoisotopic (exact) mass is 379 g/mol. The van der Waals surface area contributed by atoms with Crippen LogP contribution in [-0.4, -0.2) is 38.1 Å². The van der Waals surface area contributed by atoms with Gasteiger partial charge in [-0.25, -0.2) is 4.79 Å². The molecule has 0 aliphatic rings. The number of benzene rings is 2. The van der Waals surface area contributed by atoms with Crippen molar-refractivity contribution in [2.45, 2.75) is 6.61 Å². The second-order valence-electron chi connectivity index (χ2n) is 5.03. The third-order valence-corrected chi connectivity index (χ3v) is 3.26. The zero-order valence-electron chi connectivity index (χ0n) is 14.1. The minimum Gasteiger partial charge on any atom is -0.496 e. The molecule has 0 unspecified atom stereocenters. The Morgan fingerprint density at radius 2 is 1.56 bits per heavy atom. The molecule has 2 aromatic rings. The van der Waals surface area contributed by atoms with E-state index in [1.165, 1.54) is 31.4 Å². The number of esters is 1. The summed E-state index contributed by atoms with van der Waals surface area (Å²) in [6, 6.07) is 11.4. The number of halogens is 2. The van der Waals surface area contributed by atoms with E-state index in [1.54, 1.807) is 18.2 Å². The first-order valence-corrected chi connectivity index (χ1v) is 7.60. The van der Waals surface area contributed by atoms with Crippen molar-refractivity contribution in [3.05, 3.63) is 59.7 Å². The standard InChI is InChI=1S/C18H15F2NO6/c1-25-13-8-4-2-6-11(13)16(23)21-15(22)10-26-17(24)12-7-3-5-9-14(12)27-18(19)20/h2-9,18H,10H2,1H3,(H,21,22,23). The first-order chi connectivity index (χ1) is 12.9. The van der Waals surface area contributed by atoms with Gasteiger partial charge in [-0.3, -0.25) is 14.9 Å². The summed E-state index contributed by atoms with van der Waals surface area (Å²) in [6.45, 7) is -3.91. The van der Waals surface area contributed by atoms with Crippen molar-refractivity contribution in [1.29, 1.82) is 0 Å². The lowest BCUT2D eigenvalue weighted by molar-refractivity contribution is -0.123. The predicted molar refractivity (Wildman–Crippen MR) is 88.8 cm³/mol. The van der Waals surface area contributed by atoms with Gasteiger partial charge in [0, 0.05) is 0 Å². The Bertz CT molecular complexity index is 840. The van der Waals surface area contributed by atoms with Gasteiger partial charge in [0.15, 0.2) is 6.61 Å². The van der Waals surface area contributed by atoms with Crippen LogP contribution in [0.25, 0.3) is 0 Å². The summed E-state index contributed by atoms with van der Waals surface area (Å²) >= 11 is 0. The largest absolute Gasteiger partial charge is 0.496 e. The molecule has 142 valence electrons. The second kappa shape index (κ2) is 9.27. The molecule has 0 aliphatic heterocycles.